The van der Waals surface area contributed by atoms with E-state index in [0.29, 0.717) is 30.6 Å². The first-order valence-corrected chi connectivity index (χ1v) is 6.15. The number of rotatable bonds is 5. The third-order valence-electron chi connectivity index (χ3n) is 3.41. The highest BCUT2D eigenvalue weighted by Crippen LogP contribution is 2.44. The summed E-state index contributed by atoms with van der Waals surface area (Å²) in [4.78, 5) is 0. The molecule has 0 atom stereocenters. The third-order valence-corrected chi connectivity index (χ3v) is 3.41. The van der Waals surface area contributed by atoms with Crippen molar-refractivity contribution in [2.45, 2.75) is 37.7 Å². The van der Waals surface area contributed by atoms with Crippen LogP contribution < -0.4 is 9.47 Å². The molecule has 0 aromatic heterocycles. The number of alkyl halides is 2. The summed E-state index contributed by atoms with van der Waals surface area (Å²) in [6.45, 7) is 0.837. The van der Waals surface area contributed by atoms with Crippen molar-refractivity contribution in [3.8, 4) is 11.5 Å². The molecule has 0 spiro atoms. The first-order chi connectivity index (χ1) is 8.79. The molecule has 3 nitrogen and oxygen atoms in total. The number of halogens is 2. The van der Waals surface area contributed by atoms with Crippen LogP contribution in [-0.4, -0.2) is 24.9 Å². The van der Waals surface area contributed by atoms with E-state index in [1.165, 1.54) is 26.4 Å². The molecule has 0 heterocycles. The molecule has 1 aromatic rings. The van der Waals surface area contributed by atoms with Crippen molar-refractivity contribution in [1.29, 1.82) is 0 Å². The fourth-order valence-corrected chi connectivity index (χ4v) is 2.10. The summed E-state index contributed by atoms with van der Waals surface area (Å²) in [5.74, 6) is -2.28. The zero-order chi connectivity index (χ0) is 14.3. The Morgan fingerprint density at radius 1 is 1.26 bits per heavy atom. The van der Waals surface area contributed by atoms with Crippen molar-refractivity contribution >= 4 is 0 Å². The summed E-state index contributed by atoms with van der Waals surface area (Å²) in [5.41, 5.74) is -0.359. The average molecular weight is 272 g/mol. The molecule has 5 heteroatoms. The highest BCUT2D eigenvalue weighted by Gasteiger charge is 2.41. The average Bonchev–Trinajstić information content (AvgIpc) is 3.04. The largest absolute Gasteiger partial charge is 0.493 e. The van der Waals surface area contributed by atoms with Gasteiger partial charge in [-0.1, -0.05) is 0 Å². The van der Waals surface area contributed by atoms with E-state index in [4.69, 9.17) is 9.47 Å². The molecular weight excluding hydrogens is 254 g/mol. The maximum Gasteiger partial charge on any atom is 0.270 e. The Labute approximate surface area is 111 Å². The lowest BCUT2D eigenvalue weighted by molar-refractivity contribution is 0.0170. The van der Waals surface area contributed by atoms with E-state index in [9.17, 15) is 13.9 Å². The molecule has 19 heavy (non-hydrogen) atoms. The number of methoxy groups -OCH3 is 2. The Balaban J connectivity index is 2.48. The van der Waals surface area contributed by atoms with Crippen LogP contribution in [0.4, 0.5) is 8.78 Å². The lowest BCUT2D eigenvalue weighted by Gasteiger charge is -2.19. The van der Waals surface area contributed by atoms with Gasteiger partial charge in [0.05, 0.1) is 19.8 Å². The van der Waals surface area contributed by atoms with Gasteiger partial charge in [0.2, 0.25) is 0 Å². The number of hydrogen-bond donors (Lipinski definition) is 1. The van der Waals surface area contributed by atoms with E-state index in [0.717, 1.165) is 6.92 Å². The zero-order valence-electron chi connectivity index (χ0n) is 11.3. The minimum absolute atomic E-state index is 0.135. The van der Waals surface area contributed by atoms with Crippen LogP contribution >= 0.6 is 0 Å². The second-order valence-corrected chi connectivity index (χ2v) is 5.16. The lowest BCUT2D eigenvalue weighted by Crippen LogP contribution is -2.14. The van der Waals surface area contributed by atoms with E-state index >= 15 is 0 Å². The SMILES string of the molecule is COc1cc(C(C)(F)F)cc(CC2(O)CC2)c1OC. The molecule has 0 radical (unpaired) electrons. The van der Waals surface area contributed by atoms with Crippen molar-refractivity contribution in [2.24, 2.45) is 0 Å². The van der Waals surface area contributed by atoms with E-state index < -0.39 is 11.5 Å². The first kappa shape index (κ1) is 14.1. The molecule has 0 aliphatic heterocycles. The second kappa shape index (κ2) is 4.63. The predicted octanol–water partition coefficient (Wildman–Crippen LogP) is 2.88. The number of benzene rings is 1. The summed E-state index contributed by atoms with van der Waals surface area (Å²) in [5, 5.41) is 9.98. The van der Waals surface area contributed by atoms with Gasteiger partial charge in [0.15, 0.2) is 11.5 Å². The lowest BCUT2D eigenvalue weighted by atomic mass is 9.99. The quantitative estimate of drug-likeness (QED) is 0.895. The monoisotopic (exact) mass is 272 g/mol. The number of aliphatic hydroxyl groups is 1. The Bertz CT molecular complexity index is 476. The maximum absolute atomic E-state index is 13.5. The van der Waals surface area contributed by atoms with Gasteiger partial charge in [-0.15, -0.1) is 0 Å². The van der Waals surface area contributed by atoms with Crippen LogP contribution in [0.3, 0.4) is 0 Å². The molecule has 0 saturated heterocycles. The predicted molar refractivity (Wildman–Crippen MR) is 67.0 cm³/mol. The summed E-state index contributed by atoms with van der Waals surface area (Å²) in [6, 6.07) is 2.66. The highest BCUT2D eigenvalue weighted by molar-refractivity contribution is 5.51. The Morgan fingerprint density at radius 3 is 2.32 bits per heavy atom. The van der Waals surface area contributed by atoms with Crippen molar-refractivity contribution in [3.63, 3.8) is 0 Å². The third kappa shape index (κ3) is 2.97. The van der Waals surface area contributed by atoms with Crippen molar-refractivity contribution in [3.05, 3.63) is 23.3 Å². The Morgan fingerprint density at radius 2 is 1.89 bits per heavy atom. The van der Waals surface area contributed by atoms with Gasteiger partial charge in [0.1, 0.15) is 0 Å². The smallest absolute Gasteiger partial charge is 0.270 e. The van der Waals surface area contributed by atoms with Gasteiger partial charge < -0.3 is 14.6 Å². The van der Waals surface area contributed by atoms with Gasteiger partial charge in [-0.3, -0.25) is 0 Å². The molecule has 1 aliphatic rings. The van der Waals surface area contributed by atoms with Gasteiger partial charge in [-0.05, 0) is 25.0 Å². The molecule has 0 bridgehead atoms. The summed E-state index contributed by atoms with van der Waals surface area (Å²) >= 11 is 0. The maximum atomic E-state index is 13.5. The van der Waals surface area contributed by atoms with E-state index in [1.807, 2.05) is 0 Å². The van der Waals surface area contributed by atoms with Crippen molar-refractivity contribution < 1.29 is 23.4 Å². The molecule has 0 unspecified atom stereocenters. The van der Waals surface area contributed by atoms with Gasteiger partial charge in [0, 0.05) is 24.5 Å². The van der Waals surface area contributed by atoms with Crippen LogP contribution in [-0.2, 0) is 12.3 Å². The van der Waals surface area contributed by atoms with Gasteiger partial charge >= 0.3 is 0 Å². The fourth-order valence-electron chi connectivity index (χ4n) is 2.10. The molecule has 1 aromatic carbocycles. The van der Waals surface area contributed by atoms with Crippen LogP contribution in [0.25, 0.3) is 0 Å². The minimum Gasteiger partial charge on any atom is -0.493 e. The standard InChI is InChI=1S/C14H18F2O3/c1-13(15,16)10-6-9(8-14(17)4-5-14)12(19-3)11(7-10)18-2/h6-7,17H,4-5,8H2,1-3H3. The van der Waals surface area contributed by atoms with Crippen molar-refractivity contribution in [1.82, 2.24) is 0 Å². The van der Waals surface area contributed by atoms with Gasteiger partial charge in [-0.2, -0.15) is 0 Å². The zero-order valence-corrected chi connectivity index (χ0v) is 11.3. The molecule has 0 amide bonds. The first-order valence-electron chi connectivity index (χ1n) is 6.15. The van der Waals surface area contributed by atoms with E-state index in [1.54, 1.807) is 0 Å². The Kier molecular flexibility index (Phi) is 3.43. The molecule has 1 aliphatic carbocycles. The summed E-state index contributed by atoms with van der Waals surface area (Å²) in [7, 11) is 2.87. The molecule has 1 N–H and O–H groups in total. The normalized spacial score (nSPS) is 17.2. The van der Waals surface area contributed by atoms with Gasteiger partial charge in [-0.25, -0.2) is 8.78 Å². The van der Waals surface area contributed by atoms with E-state index in [-0.39, 0.29) is 11.3 Å². The van der Waals surface area contributed by atoms with E-state index in [2.05, 4.69) is 0 Å². The van der Waals surface area contributed by atoms with Crippen LogP contribution in [0, 0.1) is 0 Å². The van der Waals surface area contributed by atoms with Crippen LogP contribution in [0.1, 0.15) is 30.9 Å². The van der Waals surface area contributed by atoms with Crippen LogP contribution in [0.2, 0.25) is 0 Å². The summed E-state index contributed by atoms with van der Waals surface area (Å²) < 4.78 is 37.3. The van der Waals surface area contributed by atoms with Crippen LogP contribution in [0.5, 0.6) is 11.5 Å². The highest BCUT2D eigenvalue weighted by atomic mass is 19.3. The second-order valence-electron chi connectivity index (χ2n) is 5.16. The topological polar surface area (TPSA) is 38.7 Å². The molecule has 1 fully saturated rings. The number of ether oxygens (including phenoxy) is 2. The molecular formula is C14H18F2O3. The molecule has 2 rings (SSSR count). The minimum atomic E-state index is -2.96. The number of hydrogen-bond acceptors (Lipinski definition) is 3. The fraction of sp³-hybridized carbons (Fsp3) is 0.571. The molecule has 1 saturated carbocycles. The van der Waals surface area contributed by atoms with Gasteiger partial charge in [0.25, 0.3) is 5.92 Å². The Hall–Kier alpha value is -1.36. The summed E-state index contributed by atoms with van der Waals surface area (Å²) in [6.07, 6.45) is 1.67. The van der Waals surface area contributed by atoms with Crippen molar-refractivity contribution in [2.75, 3.05) is 14.2 Å². The van der Waals surface area contributed by atoms with Crippen LogP contribution in [0.15, 0.2) is 12.1 Å². The molecule has 106 valence electrons.